The number of rotatable bonds is 1. The highest BCUT2D eigenvalue weighted by Crippen LogP contribution is 2.23. The molecule has 0 unspecified atom stereocenters. The van der Waals surface area contributed by atoms with Crippen molar-refractivity contribution in [2.24, 2.45) is 4.99 Å². The molecule has 5 heteroatoms. The van der Waals surface area contributed by atoms with Crippen molar-refractivity contribution in [1.29, 1.82) is 0 Å². The summed E-state index contributed by atoms with van der Waals surface area (Å²) in [6, 6.07) is 2.49. The van der Waals surface area contributed by atoms with Crippen LogP contribution in [0.5, 0.6) is 0 Å². The van der Waals surface area contributed by atoms with Gasteiger partial charge in [-0.15, -0.1) is 0 Å². The third-order valence-electron chi connectivity index (χ3n) is 1.85. The van der Waals surface area contributed by atoms with Gasteiger partial charge < -0.3 is 4.74 Å². The minimum Gasteiger partial charge on any atom is -0.475 e. The summed E-state index contributed by atoms with van der Waals surface area (Å²) in [6.45, 7) is 0.966. The van der Waals surface area contributed by atoms with Crippen molar-refractivity contribution < 1.29 is 13.5 Å². The molecule has 1 aromatic rings. The first-order valence-corrected chi connectivity index (χ1v) is 4.80. The second-order valence-corrected chi connectivity index (χ2v) is 3.55. The Bertz CT molecular complexity index is 406. The highest BCUT2D eigenvalue weighted by atomic mass is 79.9. The number of halogens is 3. The fraction of sp³-hybridized carbons (Fsp3) is 0.222. The highest BCUT2D eigenvalue weighted by molar-refractivity contribution is 9.10. The van der Waals surface area contributed by atoms with Crippen LogP contribution >= 0.6 is 15.9 Å². The SMILES string of the molecule is Fc1ccc(C2=NCCO2)c(F)c1Br. The van der Waals surface area contributed by atoms with E-state index in [2.05, 4.69) is 20.9 Å². The third-order valence-corrected chi connectivity index (χ3v) is 2.58. The molecule has 1 heterocycles. The Labute approximate surface area is 87.7 Å². The molecule has 0 saturated heterocycles. The number of ether oxygens (including phenoxy) is 1. The zero-order valence-electron chi connectivity index (χ0n) is 7.06. The fourth-order valence-electron chi connectivity index (χ4n) is 1.19. The summed E-state index contributed by atoms with van der Waals surface area (Å²) in [6.07, 6.45) is 0. The average molecular weight is 262 g/mol. The van der Waals surface area contributed by atoms with Crippen LogP contribution in [-0.2, 0) is 4.74 Å². The van der Waals surface area contributed by atoms with Crippen LogP contribution in [-0.4, -0.2) is 19.0 Å². The van der Waals surface area contributed by atoms with E-state index < -0.39 is 11.6 Å². The van der Waals surface area contributed by atoms with Crippen molar-refractivity contribution in [1.82, 2.24) is 0 Å². The maximum atomic E-state index is 13.5. The Kier molecular flexibility index (Phi) is 2.50. The van der Waals surface area contributed by atoms with Crippen LogP contribution in [0.1, 0.15) is 5.56 Å². The summed E-state index contributed by atoms with van der Waals surface area (Å²) < 4.78 is 31.2. The largest absolute Gasteiger partial charge is 0.475 e. The van der Waals surface area contributed by atoms with Crippen LogP contribution in [0.15, 0.2) is 21.6 Å². The van der Waals surface area contributed by atoms with Gasteiger partial charge in [-0.25, -0.2) is 13.8 Å². The second-order valence-electron chi connectivity index (χ2n) is 2.76. The van der Waals surface area contributed by atoms with Crippen LogP contribution in [0.2, 0.25) is 0 Å². The van der Waals surface area contributed by atoms with E-state index in [4.69, 9.17) is 4.74 Å². The van der Waals surface area contributed by atoms with Gasteiger partial charge in [-0.05, 0) is 28.1 Å². The predicted octanol–water partition coefficient (Wildman–Crippen LogP) is 2.50. The van der Waals surface area contributed by atoms with Gasteiger partial charge in [-0.1, -0.05) is 0 Å². The summed E-state index contributed by atoms with van der Waals surface area (Å²) >= 11 is 2.82. The quantitative estimate of drug-likeness (QED) is 0.712. The standard InChI is InChI=1S/C9H6BrF2NO/c10-7-6(11)2-1-5(8(7)12)9-13-3-4-14-9/h1-2H,3-4H2. The van der Waals surface area contributed by atoms with Crippen molar-refractivity contribution in [3.8, 4) is 0 Å². The van der Waals surface area contributed by atoms with Crippen molar-refractivity contribution in [3.63, 3.8) is 0 Å². The van der Waals surface area contributed by atoms with E-state index in [9.17, 15) is 8.78 Å². The molecule has 0 aliphatic carbocycles. The van der Waals surface area contributed by atoms with Crippen LogP contribution in [0.25, 0.3) is 0 Å². The van der Waals surface area contributed by atoms with Gasteiger partial charge in [0.15, 0.2) is 5.82 Å². The summed E-state index contributed by atoms with van der Waals surface area (Å²) in [5.74, 6) is -1.07. The van der Waals surface area contributed by atoms with Gasteiger partial charge >= 0.3 is 0 Å². The normalized spacial score (nSPS) is 15.2. The number of aliphatic imine (C=N–C) groups is 1. The van der Waals surface area contributed by atoms with E-state index in [1.807, 2.05) is 0 Å². The molecule has 74 valence electrons. The molecular formula is C9H6BrF2NO. The summed E-state index contributed by atoms with van der Waals surface area (Å²) in [4.78, 5) is 3.95. The fourth-order valence-corrected chi connectivity index (χ4v) is 1.53. The molecule has 0 saturated carbocycles. The van der Waals surface area contributed by atoms with Crippen molar-refractivity contribution in [2.45, 2.75) is 0 Å². The zero-order chi connectivity index (χ0) is 10.1. The van der Waals surface area contributed by atoms with E-state index in [1.165, 1.54) is 12.1 Å². The Morgan fingerprint density at radius 3 is 2.79 bits per heavy atom. The molecule has 0 aromatic heterocycles. The van der Waals surface area contributed by atoms with E-state index in [0.717, 1.165) is 0 Å². The molecule has 2 nitrogen and oxygen atoms in total. The molecule has 0 radical (unpaired) electrons. The van der Waals surface area contributed by atoms with Crippen molar-refractivity contribution in [2.75, 3.05) is 13.2 Å². The average Bonchev–Trinajstić information content (AvgIpc) is 2.67. The number of hydrogen-bond donors (Lipinski definition) is 0. The highest BCUT2D eigenvalue weighted by Gasteiger charge is 2.18. The first-order valence-electron chi connectivity index (χ1n) is 4.01. The zero-order valence-corrected chi connectivity index (χ0v) is 8.64. The number of nitrogens with zero attached hydrogens (tertiary/aromatic N) is 1. The lowest BCUT2D eigenvalue weighted by Crippen LogP contribution is -2.05. The molecule has 0 amide bonds. The molecule has 1 aromatic carbocycles. The van der Waals surface area contributed by atoms with E-state index in [-0.39, 0.29) is 15.9 Å². The molecule has 0 fully saturated rings. The topological polar surface area (TPSA) is 21.6 Å². The molecule has 1 aliphatic rings. The van der Waals surface area contributed by atoms with Gasteiger partial charge in [0.2, 0.25) is 5.90 Å². The lowest BCUT2D eigenvalue weighted by Gasteiger charge is -2.04. The minimum atomic E-state index is -0.675. The van der Waals surface area contributed by atoms with Crippen molar-refractivity contribution in [3.05, 3.63) is 33.8 Å². The van der Waals surface area contributed by atoms with E-state index >= 15 is 0 Å². The maximum Gasteiger partial charge on any atom is 0.219 e. The van der Waals surface area contributed by atoms with Gasteiger partial charge in [0.1, 0.15) is 12.4 Å². The van der Waals surface area contributed by atoms with Gasteiger partial charge in [0.05, 0.1) is 16.6 Å². The third kappa shape index (κ3) is 1.52. The Balaban J connectivity index is 2.49. The molecule has 0 bridgehead atoms. The lowest BCUT2D eigenvalue weighted by molar-refractivity contribution is 0.346. The smallest absolute Gasteiger partial charge is 0.219 e. The Morgan fingerprint density at radius 2 is 2.14 bits per heavy atom. The van der Waals surface area contributed by atoms with Crippen LogP contribution < -0.4 is 0 Å². The summed E-state index contributed by atoms with van der Waals surface area (Å²) in [5.41, 5.74) is 0.191. The predicted molar refractivity (Wildman–Crippen MR) is 51.4 cm³/mol. The molecule has 1 aliphatic heterocycles. The molecule has 14 heavy (non-hydrogen) atoms. The first-order chi connectivity index (χ1) is 6.70. The van der Waals surface area contributed by atoms with Crippen LogP contribution in [0, 0.1) is 11.6 Å². The van der Waals surface area contributed by atoms with Crippen LogP contribution in [0.3, 0.4) is 0 Å². The van der Waals surface area contributed by atoms with Gasteiger partial charge in [-0.2, -0.15) is 0 Å². The molecule has 0 spiro atoms. The first kappa shape index (κ1) is 9.58. The number of hydrogen-bond acceptors (Lipinski definition) is 2. The monoisotopic (exact) mass is 261 g/mol. The molecule has 2 rings (SSSR count). The summed E-state index contributed by atoms with van der Waals surface area (Å²) in [5, 5.41) is 0. The minimum absolute atomic E-state index is 0.187. The van der Waals surface area contributed by atoms with Gasteiger partial charge in [-0.3, -0.25) is 0 Å². The Hall–Kier alpha value is -0.970. The Morgan fingerprint density at radius 1 is 1.36 bits per heavy atom. The van der Waals surface area contributed by atoms with Crippen molar-refractivity contribution >= 4 is 21.8 Å². The lowest BCUT2D eigenvalue weighted by atomic mass is 10.2. The molecule has 0 N–H and O–H groups in total. The van der Waals surface area contributed by atoms with Gasteiger partial charge in [0, 0.05) is 0 Å². The van der Waals surface area contributed by atoms with E-state index in [1.54, 1.807) is 0 Å². The van der Waals surface area contributed by atoms with Gasteiger partial charge in [0.25, 0.3) is 0 Å². The summed E-state index contributed by atoms with van der Waals surface area (Å²) in [7, 11) is 0. The molecular weight excluding hydrogens is 256 g/mol. The number of benzene rings is 1. The second kappa shape index (κ2) is 3.65. The maximum absolute atomic E-state index is 13.5. The van der Waals surface area contributed by atoms with E-state index in [0.29, 0.717) is 13.2 Å². The molecule has 0 atom stereocenters. The van der Waals surface area contributed by atoms with Crippen LogP contribution in [0.4, 0.5) is 8.78 Å².